The van der Waals surface area contributed by atoms with Crippen LogP contribution in [-0.2, 0) is 19.7 Å². The van der Waals surface area contributed by atoms with E-state index >= 15 is 0 Å². The third-order valence-corrected chi connectivity index (χ3v) is 7.70. The fraction of sp³-hybridized carbons (Fsp3) is 0.710. The Labute approximate surface area is 235 Å². The highest BCUT2D eigenvalue weighted by Crippen LogP contribution is 2.42. The van der Waals surface area contributed by atoms with Crippen LogP contribution in [0.1, 0.15) is 102 Å². The molecule has 0 unspecified atom stereocenters. The molecule has 0 saturated carbocycles. The van der Waals surface area contributed by atoms with Gasteiger partial charge in [-0.3, -0.25) is 9.59 Å². The number of hydrogen-bond acceptors (Lipinski definition) is 5. The Morgan fingerprint density at radius 2 is 1.87 bits per heavy atom. The first-order chi connectivity index (χ1) is 18.2. The van der Waals surface area contributed by atoms with E-state index in [4.69, 9.17) is 9.47 Å². The van der Waals surface area contributed by atoms with E-state index in [2.05, 4.69) is 19.9 Å². The summed E-state index contributed by atoms with van der Waals surface area (Å²) in [5.41, 5.74) is 2.59. The maximum atomic E-state index is 14.2. The summed E-state index contributed by atoms with van der Waals surface area (Å²) in [6.45, 7) is 18.1. The van der Waals surface area contributed by atoms with Crippen LogP contribution in [0, 0.1) is 6.92 Å². The van der Waals surface area contributed by atoms with E-state index in [0.717, 1.165) is 42.5 Å². The molecule has 0 N–H and O–H groups in total. The Morgan fingerprint density at radius 3 is 2.49 bits per heavy atom. The molecule has 1 atom stereocenters. The van der Waals surface area contributed by atoms with Crippen LogP contribution >= 0.6 is 0 Å². The molecule has 8 heteroatoms. The topological polar surface area (TPSA) is 79.4 Å². The monoisotopic (exact) mass is 543 g/mol. The summed E-state index contributed by atoms with van der Waals surface area (Å²) < 4.78 is 10.8. The highest BCUT2D eigenvalue weighted by Gasteiger charge is 2.39. The van der Waals surface area contributed by atoms with Gasteiger partial charge >= 0.3 is 6.09 Å². The molecule has 1 fully saturated rings. The van der Waals surface area contributed by atoms with Gasteiger partial charge in [-0.25, -0.2) is 4.79 Å². The van der Waals surface area contributed by atoms with Crippen molar-refractivity contribution in [2.75, 3.05) is 38.3 Å². The molecule has 2 heterocycles. The van der Waals surface area contributed by atoms with E-state index < -0.39 is 5.60 Å². The molecule has 0 radical (unpaired) electrons. The van der Waals surface area contributed by atoms with E-state index in [1.807, 2.05) is 57.4 Å². The van der Waals surface area contributed by atoms with E-state index in [0.29, 0.717) is 38.2 Å². The number of anilines is 1. The van der Waals surface area contributed by atoms with Crippen LogP contribution in [-0.4, -0.2) is 78.7 Å². The van der Waals surface area contributed by atoms with Gasteiger partial charge < -0.3 is 24.2 Å². The lowest BCUT2D eigenvalue weighted by Gasteiger charge is -2.42. The lowest BCUT2D eigenvalue weighted by molar-refractivity contribution is -0.120. The van der Waals surface area contributed by atoms with Crippen molar-refractivity contribution in [2.24, 2.45) is 0 Å². The average molecular weight is 544 g/mol. The van der Waals surface area contributed by atoms with Crippen LogP contribution in [0.25, 0.3) is 0 Å². The maximum absolute atomic E-state index is 14.2. The predicted molar refractivity (Wildman–Crippen MR) is 154 cm³/mol. The third kappa shape index (κ3) is 7.33. The molecule has 0 bridgehead atoms. The molecular formula is C31H49N3O5. The lowest BCUT2D eigenvalue weighted by Crippen LogP contribution is -2.54. The summed E-state index contributed by atoms with van der Waals surface area (Å²) in [7, 11) is 1.68. The van der Waals surface area contributed by atoms with Crippen LogP contribution in [0.3, 0.4) is 0 Å². The standard InChI is InChI=1S/C31H49N3O5/c1-21(2)34(23-13-12-14-32(20-23)29(37)39-30(4,5)6)28(36)24-18-26-25(17-22(24)3)31(7,8)19-27(35)33(26)15-10-11-16-38-9/h17-18,21,23H,10-16,19-20H2,1-9H3/t23-/m1/s1. The Bertz CT molecular complexity index is 1060. The number of likely N-dealkylation sites (tertiary alicyclic amines) is 1. The molecule has 3 rings (SSSR count). The summed E-state index contributed by atoms with van der Waals surface area (Å²) in [5.74, 6) is 0.0321. The van der Waals surface area contributed by atoms with Gasteiger partial charge in [0.15, 0.2) is 0 Å². The van der Waals surface area contributed by atoms with Gasteiger partial charge in [0.25, 0.3) is 5.91 Å². The van der Waals surface area contributed by atoms with Crippen LogP contribution in [0.5, 0.6) is 0 Å². The first-order valence-electron chi connectivity index (χ1n) is 14.4. The van der Waals surface area contributed by atoms with E-state index in [1.54, 1.807) is 12.0 Å². The summed E-state index contributed by atoms with van der Waals surface area (Å²) >= 11 is 0. The number of ether oxygens (including phenoxy) is 2. The number of carbonyl (C=O) groups excluding carboxylic acids is 3. The second-order valence-electron chi connectivity index (χ2n) is 13.0. The second kappa shape index (κ2) is 12.3. The molecular weight excluding hydrogens is 494 g/mol. The predicted octanol–water partition coefficient (Wildman–Crippen LogP) is 5.69. The van der Waals surface area contributed by atoms with Gasteiger partial charge in [0.05, 0.1) is 6.04 Å². The first kappa shape index (κ1) is 30.9. The van der Waals surface area contributed by atoms with E-state index in [9.17, 15) is 14.4 Å². The van der Waals surface area contributed by atoms with Gasteiger partial charge in [-0.15, -0.1) is 0 Å². The van der Waals surface area contributed by atoms with Crippen LogP contribution < -0.4 is 4.90 Å². The largest absolute Gasteiger partial charge is 0.444 e. The number of rotatable bonds is 8. The van der Waals surface area contributed by atoms with Gasteiger partial charge in [-0.2, -0.15) is 0 Å². The van der Waals surface area contributed by atoms with Gasteiger partial charge in [0, 0.05) is 62.5 Å². The SMILES string of the molecule is COCCCCN1C(=O)CC(C)(C)c2cc(C)c(C(=O)N(C(C)C)[C@@H]3CCCN(C(=O)OC(C)(C)C)C3)cc21. The van der Waals surface area contributed by atoms with E-state index in [1.165, 1.54) is 0 Å². The maximum Gasteiger partial charge on any atom is 0.410 e. The quantitative estimate of drug-likeness (QED) is 0.394. The number of amides is 3. The number of benzene rings is 1. The minimum atomic E-state index is -0.571. The average Bonchev–Trinajstić information content (AvgIpc) is 2.82. The molecule has 0 aliphatic carbocycles. The summed E-state index contributed by atoms with van der Waals surface area (Å²) in [5, 5.41) is 0. The molecule has 39 heavy (non-hydrogen) atoms. The second-order valence-corrected chi connectivity index (χ2v) is 13.0. The number of unbranched alkanes of at least 4 members (excludes halogenated alkanes) is 1. The lowest BCUT2D eigenvalue weighted by atomic mass is 9.76. The van der Waals surface area contributed by atoms with Crippen molar-refractivity contribution in [1.29, 1.82) is 0 Å². The number of nitrogens with zero attached hydrogens (tertiary/aromatic N) is 3. The number of fused-ring (bicyclic) bond motifs is 1. The Kier molecular flexibility index (Phi) is 9.73. The van der Waals surface area contributed by atoms with Crippen molar-refractivity contribution in [3.05, 3.63) is 28.8 Å². The summed E-state index contributed by atoms with van der Waals surface area (Å²) in [6, 6.07) is 3.87. The molecule has 3 amide bonds. The normalized spacial score (nSPS) is 19.2. The first-order valence-corrected chi connectivity index (χ1v) is 14.4. The molecule has 1 saturated heterocycles. The molecule has 0 aromatic heterocycles. The van der Waals surface area contributed by atoms with Gasteiger partial charge in [-0.1, -0.05) is 19.9 Å². The summed E-state index contributed by atoms with van der Waals surface area (Å²) in [6.07, 6.45) is 3.44. The zero-order chi connectivity index (χ0) is 29.1. The molecule has 1 aromatic rings. The molecule has 0 spiro atoms. The minimum Gasteiger partial charge on any atom is -0.444 e. The van der Waals surface area contributed by atoms with Crippen molar-refractivity contribution in [3.63, 3.8) is 0 Å². The van der Waals surface area contributed by atoms with Crippen LogP contribution in [0.2, 0.25) is 0 Å². The van der Waals surface area contributed by atoms with Gasteiger partial charge in [0.1, 0.15) is 5.60 Å². The molecule has 1 aromatic carbocycles. The highest BCUT2D eigenvalue weighted by molar-refractivity contribution is 6.02. The Balaban J connectivity index is 1.93. The van der Waals surface area contributed by atoms with Crippen molar-refractivity contribution in [3.8, 4) is 0 Å². The number of piperidine rings is 1. The molecule has 2 aliphatic rings. The van der Waals surface area contributed by atoms with E-state index in [-0.39, 0.29) is 35.4 Å². The number of carbonyl (C=O) groups is 3. The van der Waals surface area contributed by atoms with Gasteiger partial charge in [0.2, 0.25) is 5.91 Å². The fourth-order valence-corrected chi connectivity index (χ4v) is 5.79. The molecule has 218 valence electrons. The minimum absolute atomic E-state index is 0.0558. The number of hydrogen-bond donors (Lipinski definition) is 0. The Morgan fingerprint density at radius 1 is 1.18 bits per heavy atom. The van der Waals surface area contributed by atoms with Crippen molar-refractivity contribution >= 4 is 23.6 Å². The molecule has 2 aliphatic heterocycles. The van der Waals surface area contributed by atoms with Crippen LogP contribution in [0.15, 0.2) is 12.1 Å². The molecule has 8 nitrogen and oxygen atoms in total. The van der Waals surface area contributed by atoms with Crippen molar-refractivity contribution in [1.82, 2.24) is 9.80 Å². The number of aryl methyl sites for hydroxylation is 1. The zero-order valence-electron chi connectivity index (χ0n) is 25.6. The van der Waals surface area contributed by atoms with Crippen molar-refractivity contribution < 1.29 is 23.9 Å². The van der Waals surface area contributed by atoms with Gasteiger partial charge in [-0.05, 0) is 84.4 Å². The van der Waals surface area contributed by atoms with Crippen molar-refractivity contribution in [2.45, 2.75) is 111 Å². The smallest absolute Gasteiger partial charge is 0.410 e. The highest BCUT2D eigenvalue weighted by atomic mass is 16.6. The third-order valence-electron chi connectivity index (χ3n) is 7.70. The fourth-order valence-electron chi connectivity index (χ4n) is 5.79. The Hall–Kier alpha value is -2.61. The summed E-state index contributed by atoms with van der Waals surface area (Å²) in [4.78, 5) is 45.8. The van der Waals surface area contributed by atoms with Crippen LogP contribution in [0.4, 0.5) is 10.5 Å². The number of methoxy groups -OCH3 is 1. The zero-order valence-corrected chi connectivity index (χ0v) is 25.6.